The minimum Gasteiger partial charge on any atom is -0.497 e. The van der Waals surface area contributed by atoms with E-state index in [1.54, 1.807) is 24.3 Å². The third-order valence-corrected chi connectivity index (χ3v) is 3.32. The van der Waals surface area contributed by atoms with Crippen molar-refractivity contribution >= 4 is 11.0 Å². The van der Waals surface area contributed by atoms with Crippen LogP contribution in [-0.2, 0) is 6.18 Å². The van der Waals surface area contributed by atoms with Crippen molar-refractivity contribution in [2.24, 2.45) is 0 Å². The molecular formula is C15H11F3N2O2. The Kier molecular flexibility index (Phi) is 3.20. The Bertz CT molecular complexity index is 894. The second-order valence-corrected chi connectivity index (χ2v) is 4.70. The van der Waals surface area contributed by atoms with E-state index in [-0.39, 0.29) is 5.52 Å². The van der Waals surface area contributed by atoms with Crippen LogP contribution in [0.2, 0.25) is 0 Å². The summed E-state index contributed by atoms with van der Waals surface area (Å²) in [7, 11) is 1.49. The molecule has 0 aliphatic heterocycles. The largest absolute Gasteiger partial charge is 0.497 e. The number of rotatable bonds is 2. The second kappa shape index (κ2) is 4.94. The van der Waals surface area contributed by atoms with Gasteiger partial charge in [-0.05, 0) is 30.3 Å². The molecule has 0 spiro atoms. The lowest BCUT2D eigenvalue weighted by molar-refractivity contribution is -0.137. The molecule has 7 heteroatoms. The number of nitrogens with one attached hydrogen (secondary N) is 1. The average molecular weight is 308 g/mol. The molecule has 1 aromatic heterocycles. The number of benzene rings is 2. The van der Waals surface area contributed by atoms with Crippen LogP contribution in [0.25, 0.3) is 16.7 Å². The van der Waals surface area contributed by atoms with Gasteiger partial charge in [0, 0.05) is 6.07 Å². The average Bonchev–Trinajstić information content (AvgIpc) is 2.81. The van der Waals surface area contributed by atoms with E-state index in [2.05, 4.69) is 4.98 Å². The molecule has 1 heterocycles. The zero-order valence-corrected chi connectivity index (χ0v) is 11.4. The number of alkyl halides is 3. The Morgan fingerprint density at radius 2 is 1.91 bits per heavy atom. The third-order valence-electron chi connectivity index (χ3n) is 3.32. The maximum absolute atomic E-state index is 12.7. The number of aromatic amines is 1. The molecule has 0 aliphatic rings. The van der Waals surface area contributed by atoms with Gasteiger partial charge in [-0.2, -0.15) is 13.2 Å². The van der Waals surface area contributed by atoms with E-state index >= 15 is 0 Å². The van der Waals surface area contributed by atoms with Gasteiger partial charge in [0.2, 0.25) is 0 Å². The lowest BCUT2D eigenvalue weighted by Gasteiger charge is -2.08. The fraction of sp³-hybridized carbons (Fsp3) is 0.133. The zero-order chi connectivity index (χ0) is 15.9. The SMILES string of the molecule is COc1cccc(-n2c(=O)[nH]c3cc(C(F)(F)F)ccc32)c1. The Balaban J connectivity index is 2.22. The van der Waals surface area contributed by atoms with Crippen molar-refractivity contribution in [1.82, 2.24) is 9.55 Å². The fourth-order valence-corrected chi connectivity index (χ4v) is 2.29. The van der Waals surface area contributed by atoms with E-state index in [1.807, 2.05) is 0 Å². The molecule has 0 saturated carbocycles. The highest BCUT2D eigenvalue weighted by molar-refractivity contribution is 5.78. The molecule has 0 unspecified atom stereocenters. The predicted molar refractivity (Wildman–Crippen MR) is 75.4 cm³/mol. The van der Waals surface area contributed by atoms with E-state index in [9.17, 15) is 18.0 Å². The van der Waals surface area contributed by atoms with Crippen molar-refractivity contribution in [3.05, 3.63) is 58.5 Å². The molecule has 2 aromatic carbocycles. The summed E-state index contributed by atoms with van der Waals surface area (Å²) < 4.78 is 44.6. The summed E-state index contributed by atoms with van der Waals surface area (Å²) in [6.45, 7) is 0. The van der Waals surface area contributed by atoms with Crippen LogP contribution in [-0.4, -0.2) is 16.7 Å². The van der Waals surface area contributed by atoms with Gasteiger partial charge in [0.05, 0.1) is 29.4 Å². The summed E-state index contributed by atoms with van der Waals surface area (Å²) in [5.41, 5.74) is -0.314. The van der Waals surface area contributed by atoms with Crippen molar-refractivity contribution in [3.8, 4) is 11.4 Å². The molecule has 22 heavy (non-hydrogen) atoms. The van der Waals surface area contributed by atoms with Gasteiger partial charge in [0.25, 0.3) is 0 Å². The summed E-state index contributed by atoms with van der Waals surface area (Å²) in [6.07, 6.45) is -4.46. The van der Waals surface area contributed by atoms with Gasteiger partial charge >= 0.3 is 11.9 Å². The third kappa shape index (κ3) is 2.34. The number of aromatic nitrogens is 2. The monoisotopic (exact) mass is 308 g/mol. The van der Waals surface area contributed by atoms with Crippen LogP contribution in [0.5, 0.6) is 5.75 Å². The number of nitrogens with zero attached hydrogens (tertiary/aromatic N) is 1. The highest BCUT2D eigenvalue weighted by Crippen LogP contribution is 2.31. The summed E-state index contributed by atoms with van der Waals surface area (Å²) in [5.74, 6) is 0.547. The minimum atomic E-state index is -4.46. The van der Waals surface area contributed by atoms with Gasteiger partial charge in [-0.3, -0.25) is 4.57 Å². The van der Waals surface area contributed by atoms with Gasteiger partial charge < -0.3 is 9.72 Å². The van der Waals surface area contributed by atoms with Crippen molar-refractivity contribution in [2.45, 2.75) is 6.18 Å². The van der Waals surface area contributed by atoms with E-state index in [1.165, 1.54) is 17.7 Å². The summed E-state index contributed by atoms with van der Waals surface area (Å²) in [5, 5.41) is 0. The fourth-order valence-electron chi connectivity index (χ4n) is 2.29. The van der Waals surface area contributed by atoms with Crippen molar-refractivity contribution in [3.63, 3.8) is 0 Å². The number of H-pyrrole nitrogens is 1. The number of ether oxygens (including phenoxy) is 1. The van der Waals surface area contributed by atoms with Crippen molar-refractivity contribution in [2.75, 3.05) is 7.11 Å². The lowest BCUT2D eigenvalue weighted by Crippen LogP contribution is -2.14. The number of hydrogen-bond donors (Lipinski definition) is 1. The molecule has 0 fully saturated rings. The normalized spacial score (nSPS) is 11.8. The second-order valence-electron chi connectivity index (χ2n) is 4.70. The Morgan fingerprint density at radius 1 is 1.14 bits per heavy atom. The van der Waals surface area contributed by atoms with Crippen LogP contribution in [0.1, 0.15) is 5.56 Å². The standard InChI is InChI=1S/C15H11F3N2O2/c1-22-11-4-2-3-10(8-11)20-13-6-5-9(15(16,17)18)7-12(13)19-14(20)21/h2-8H,1H3,(H,19,21). The smallest absolute Gasteiger partial charge is 0.416 e. The number of methoxy groups -OCH3 is 1. The van der Waals surface area contributed by atoms with Gasteiger partial charge in [0.1, 0.15) is 5.75 Å². The van der Waals surface area contributed by atoms with Gasteiger partial charge in [-0.15, -0.1) is 0 Å². The van der Waals surface area contributed by atoms with Crippen LogP contribution < -0.4 is 10.4 Å². The van der Waals surface area contributed by atoms with Crippen molar-refractivity contribution in [1.29, 1.82) is 0 Å². The highest BCUT2D eigenvalue weighted by atomic mass is 19.4. The first-order valence-corrected chi connectivity index (χ1v) is 6.36. The maximum atomic E-state index is 12.7. The van der Waals surface area contributed by atoms with Crippen LogP contribution >= 0.6 is 0 Å². The summed E-state index contributed by atoms with van der Waals surface area (Å²) >= 11 is 0. The molecule has 3 aromatic rings. The summed E-state index contributed by atoms with van der Waals surface area (Å²) in [4.78, 5) is 14.5. The molecule has 0 atom stereocenters. The molecule has 1 N–H and O–H groups in total. The van der Waals surface area contributed by atoms with Gasteiger partial charge in [-0.25, -0.2) is 4.79 Å². The first-order chi connectivity index (χ1) is 10.4. The van der Waals surface area contributed by atoms with Crippen LogP contribution in [0, 0.1) is 0 Å². The van der Waals surface area contributed by atoms with Gasteiger partial charge in [0.15, 0.2) is 0 Å². The molecular weight excluding hydrogens is 297 g/mol. The molecule has 0 aliphatic carbocycles. The molecule has 114 valence electrons. The number of fused-ring (bicyclic) bond motifs is 1. The lowest BCUT2D eigenvalue weighted by atomic mass is 10.2. The quantitative estimate of drug-likeness (QED) is 0.789. The molecule has 0 saturated heterocycles. The Hall–Kier alpha value is -2.70. The van der Waals surface area contributed by atoms with E-state index in [4.69, 9.17) is 4.74 Å². The van der Waals surface area contributed by atoms with Crippen LogP contribution in [0.4, 0.5) is 13.2 Å². The molecule has 0 amide bonds. The number of halogens is 3. The first-order valence-electron chi connectivity index (χ1n) is 6.36. The Morgan fingerprint density at radius 3 is 2.59 bits per heavy atom. The minimum absolute atomic E-state index is 0.127. The number of hydrogen-bond acceptors (Lipinski definition) is 2. The molecule has 0 bridgehead atoms. The maximum Gasteiger partial charge on any atom is 0.416 e. The Labute approximate surface area is 122 Å². The van der Waals surface area contributed by atoms with Crippen LogP contribution in [0.15, 0.2) is 47.3 Å². The summed E-state index contributed by atoms with van der Waals surface area (Å²) in [6, 6.07) is 9.87. The topological polar surface area (TPSA) is 47.0 Å². The zero-order valence-electron chi connectivity index (χ0n) is 11.4. The predicted octanol–water partition coefficient (Wildman–Crippen LogP) is 3.35. The number of imidazole rings is 1. The van der Waals surface area contributed by atoms with Gasteiger partial charge in [-0.1, -0.05) is 6.07 Å². The molecule has 3 rings (SSSR count). The van der Waals surface area contributed by atoms with Crippen LogP contribution in [0.3, 0.4) is 0 Å². The molecule has 4 nitrogen and oxygen atoms in total. The van der Waals surface area contributed by atoms with E-state index in [0.29, 0.717) is 17.0 Å². The van der Waals surface area contributed by atoms with Crippen molar-refractivity contribution < 1.29 is 17.9 Å². The van der Waals surface area contributed by atoms with E-state index in [0.717, 1.165) is 12.1 Å². The van der Waals surface area contributed by atoms with E-state index < -0.39 is 17.4 Å². The molecule has 0 radical (unpaired) electrons. The highest BCUT2D eigenvalue weighted by Gasteiger charge is 2.31. The first kappa shape index (κ1) is 14.2.